The minimum atomic E-state index is -0.372. The molecule has 2 amide bonds. The first kappa shape index (κ1) is 28.7. The number of hydrogen-bond acceptors (Lipinski definition) is 6. The number of amides is 2. The number of ether oxygens (including phenoxy) is 3. The standard InChI is InChI=1S/C30H29BrFNO5S/c1-18(2)23-9-8-19(3)12-25(23)37-11-10-33-29(34)27(39-30(33)35)16-21-14-24(31)28(26(15-21)36-4)38-17-20-6-5-7-22(32)13-20/h5-9,12-16,18H,10-11,17H2,1-4H3/b27-16-. The number of imide groups is 1. The predicted molar refractivity (Wildman–Crippen MR) is 155 cm³/mol. The van der Waals surface area contributed by atoms with Gasteiger partial charge in [0.25, 0.3) is 11.1 Å². The number of benzene rings is 3. The predicted octanol–water partition coefficient (Wildman–Crippen LogP) is 7.72. The van der Waals surface area contributed by atoms with Crippen LogP contribution in [0.5, 0.6) is 17.2 Å². The summed E-state index contributed by atoms with van der Waals surface area (Å²) in [5.41, 5.74) is 3.49. The average Bonchev–Trinajstić information content (AvgIpc) is 3.15. The minimum absolute atomic E-state index is 0.146. The van der Waals surface area contributed by atoms with E-state index in [4.69, 9.17) is 14.2 Å². The van der Waals surface area contributed by atoms with Crippen LogP contribution in [0.1, 0.15) is 42.0 Å². The first-order chi connectivity index (χ1) is 18.7. The maximum atomic E-state index is 13.5. The molecule has 0 radical (unpaired) electrons. The zero-order valence-electron chi connectivity index (χ0n) is 22.1. The Bertz CT molecular complexity index is 1420. The smallest absolute Gasteiger partial charge is 0.293 e. The van der Waals surface area contributed by atoms with Crippen molar-refractivity contribution >= 4 is 44.9 Å². The molecule has 0 saturated carbocycles. The molecule has 0 bridgehead atoms. The average molecular weight is 615 g/mol. The fourth-order valence-electron chi connectivity index (χ4n) is 4.08. The van der Waals surface area contributed by atoms with Crippen LogP contribution in [0.25, 0.3) is 6.08 Å². The van der Waals surface area contributed by atoms with Gasteiger partial charge in [-0.3, -0.25) is 14.5 Å². The second-order valence-electron chi connectivity index (χ2n) is 9.33. The number of rotatable bonds is 10. The van der Waals surface area contributed by atoms with E-state index in [0.717, 1.165) is 28.6 Å². The van der Waals surface area contributed by atoms with Crippen molar-refractivity contribution in [2.75, 3.05) is 20.3 Å². The molecule has 1 heterocycles. The first-order valence-corrected chi connectivity index (χ1v) is 14.0. The van der Waals surface area contributed by atoms with Gasteiger partial charge in [-0.25, -0.2) is 4.39 Å². The number of hydrogen-bond donors (Lipinski definition) is 0. The Balaban J connectivity index is 1.44. The van der Waals surface area contributed by atoms with Gasteiger partial charge < -0.3 is 14.2 Å². The molecule has 0 spiro atoms. The summed E-state index contributed by atoms with van der Waals surface area (Å²) in [6, 6.07) is 15.7. The van der Waals surface area contributed by atoms with Crippen LogP contribution in [0.15, 0.2) is 64.0 Å². The zero-order chi connectivity index (χ0) is 28.1. The minimum Gasteiger partial charge on any atom is -0.493 e. The molecule has 39 heavy (non-hydrogen) atoms. The van der Waals surface area contributed by atoms with E-state index in [1.807, 2.05) is 25.1 Å². The van der Waals surface area contributed by atoms with Crippen molar-refractivity contribution in [1.82, 2.24) is 4.90 Å². The normalized spacial score (nSPS) is 14.4. The van der Waals surface area contributed by atoms with E-state index in [0.29, 0.717) is 32.0 Å². The highest BCUT2D eigenvalue weighted by atomic mass is 79.9. The van der Waals surface area contributed by atoms with Crippen LogP contribution < -0.4 is 14.2 Å². The van der Waals surface area contributed by atoms with Crippen LogP contribution in [0.3, 0.4) is 0 Å². The van der Waals surface area contributed by atoms with Crippen LogP contribution in [0.2, 0.25) is 0 Å². The maximum Gasteiger partial charge on any atom is 0.293 e. The number of carbonyl (C=O) groups excluding carboxylic acids is 2. The molecule has 6 nitrogen and oxygen atoms in total. The van der Waals surface area contributed by atoms with Crippen molar-refractivity contribution < 1.29 is 28.2 Å². The molecule has 3 aromatic carbocycles. The maximum absolute atomic E-state index is 13.5. The second kappa shape index (κ2) is 12.7. The van der Waals surface area contributed by atoms with Crippen LogP contribution in [-0.2, 0) is 11.4 Å². The highest BCUT2D eigenvalue weighted by Gasteiger charge is 2.35. The number of methoxy groups -OCH3 is 1. The lowest BCUT2D eigenvalue weighted by molar-refractivity contribution is -0.123. The van der Waals surface area contributed by atoms with Crippen molar-refractivity contribution in [3.05, 3.63) is 92.0 Å². The Morgan fingerprint density at radius 3 is 2.56 bits per heavy atom. The van der Waals surface area contributed by atoms with E-state index in [2.05, 4.69) is 29.8 Å². The van der Waals surface area contributed by atoms with E-state index in [1.54, 1.807) is 30.3 Å². The Morgan fingerprint density at radius 1 is 1.05 bits per heavy atom. The van der Waals surface area contributed by atoms with E-state index >= 15 is 0 Å². The zero-order valence-corrected chi connectivity index (χ0v) is 24.5. The Kier molecular flexibility index (Phi) is 9.35. The molecule has 1 aliphatic rings. The van der Waals surface area contributed by atoms with Crippen LogP contribution in [-0.4, -0.2) is 36.3 Å². The summed E-state index contributed by atoms with van der Waals surface area (Å²) in [6.45, 7) is 6.67. The number of aryl methyl sites for hydroxylation is 1. The van der Waals surface area contributed by atoms with Gasteiger partial charge in [0, 0.05) is 0 Å². The Labute approximate surface area is 240 Å². The monoisotopic (exact) mass is 613 g/mol. The summed E-state index contributed by atoms with van der Waals surface area (Å²) < 4.78 is 31.5. The summed E-state index contributed by atoms with van der Waals surface area (Å²) in [5.74, 6) is 1.22. The summed E-state index contributed by atoms with van der Waals surface area (Å²) in [6.07, 6.45) is 1.65. The highest BCUT2D eigenvalue weighted by molar-refractivity contribution is 9.10. The van der Waals surface area contributed by atoms with Gasteiger partial charge >= 0.3 is 0 Å². The molecule has 1 saturated heterocycles. The number of halogens is 2. The SMILES string of the molecule is COc1cc(/C=C2\SC(=O)N(CCOc3cc(C)ccc3C(C)C)C2=O)cc(Br)c1OCc1cccc(F)c1. The van der Waals surface area contributed by atoms with E-state index in [1.165, 1.54) is 24.1 Å². The molecule has 0 aromatic heterocycles. The third kappa shape index (κ3) is 7.02. The molecule has 3 aromatic rings. The Hall–Kier alpha value is -3.30. The molecular weight excluding hydrogens is 585 g/mol. The summed E-state index contributed by atoms with van der Waals surface area (Å²) in [4.78, 5) is 27.2. The topological polar surface area (TPSA) is 65.1 Å². The molecule has 204 valence electrons. The molecule has 0 atom stereocenters. The van der Waals surface area contributed by atoms with Gasteiger partial charge in [0.2, 0.25) is 0 Å². The van der Waals surface area contributed by atoms with Gasteiger partial charge in [-0.05, 0) is 99.2 Å². The molecular formula is C30H29BrFNO5S. The molecule has 1 fully saturated rings. The largest absolute Gasteiger partial charge is 0.493 e. The van der Waals surface area contributed by atoms with Gasteiger partial charge in [-0.15, -0.1) is 0 Å². The van der Waals surface area contributed by atoms with Crippen LogP contribution in [0.4, 0.5) is 9.18 Å². The quantitative estimate of drug-likeness (QED) is 0.218. The summed E-state index contributed by atoms with van der Waals surface area (Å²) in [5, 5.41) is -0.343. The third-order valence-corrected chi connectivity index (χ3v) is 7.56. The van der Waals surface area contributed by atoms with Crippen molar-refractivity contribution in [3.8, 4) is 17.2 Å². The molecule has 0 aliphatic carbocycles. The first-order valence-electron chi connectivity index (χ1n) is 12.4. The third-order valence-electron chi connectivity index (χ3n) is 6.06. The molecule has 0 N–H and O–H groups in total. The van der Waals surface area contributed by atoms with Gasteiger partial charge in [-0.1, -0.05) is 38.1 Å². The van der Waals surface area contributed by atoms with E-state index in [9.17, 15) is 14.0 Å². The lowest BCUT2D eigenvalue weighted by Gasteiger charge is -2.17. The van der Waals surface area contributed by atoms with E-state index in [-0.39, 0.29) is 42.6 Å². The highest BCUT2D eigenvalue weighted by Crippen LogP contribution is 2.39. The summed E-state index contributed by atoms with van der Waals surface area (Å²) in [7, 11) is 1.51. The van der Waals surface area contributed by atoms with E-state index < -0.39 is 0 Å². The lowest BCUT2D eigenvalue weighted by Crippen LogP contribution is -2.32. The number of nitrogens with zero attached hydrogens (tertiary/aromatic N) is 1. The van der Waals surface area contributed by atoms with Crippen LogP contribution in [0, 0.1) is 12.7 Å². The van der Waals surface area contributed by atoms with Gasteiger partial charge in [0.05, 0.1) is 23.0 Å². The molecule has 1 aliphatic heterocycles. The lowest BCUT2D eigenvalue weighted by atomic mass is 10.0. The second-order valence-corrected chi connectivity index (χ2v) is 11.2. The molecule has 9 heteroatoms. The Morgan fingerprint density at radius 2 is 1.85 bits per heavy atom. The number of carbonyl (C=O) groups is 2. The van der Waals surface area contributed by atoms with Gasteiger partial charge in [-0.2, -0.15) is 0 Å². The van der Waals surface area contributed by atoms with Crippen molar-refractivity contribution in [2.24, 2.45) is 0 Å². The van der Waals surface area contributed by atoms with Gasteiger partial charge in [0.15, 0.2) is 11.5 Å². The fourth-order valence-corrected chi connectivity index (χ4v) is 5.52. The van der Waals surface area contributed by atoms with Crippen LogP contribution >= 0.6 is 27.7 Å². The van der Waals surface area contributed by atoms with Gasteiger partial charge in [0.1, 0.15) is 24.8 Å². The fraction of sp³-hybridized carbons (Fsp3) is 0.267. The van der Waals surface area contributed by atoms with Crippen molar-refractivity contribution in [3.63, 3.8) is 0 Å². The summed E-state index contributed by atoms with van der Waals surface area (Å²) >= 11 is 4.38. The van der Waals surface area contributed by atoms with Crippen molar-refractivity contribution in [1.29, 1.82) is 0 Å². The van der Waals surface area contributed by atoms with Crippen molar-refractivity contribution in [2.45, 2.75) is 33.3 Å². The number of thioether (sulfide) groups is 1. The molecule has 4 rings (SSSR count). The molecule has 0 unspecified atom stereocenters.